The monoisotopic (exact) mass is 218 g/mol. The Morgan fingerprint density at radius 1 is 1.45 bits per heavy atom. The van der Waals surface area contributed by atoms with Gasteiger partial charge in [0.2, 0.25) is 0 Å². The second-order valence-electron chi connectivity index (χ2n) is 2.78. The van der Waals surface area contributed by atoms with Crippen LogP contribution in [0.25, 0.3) is 0 Å². The van der Waals surface area contributed by atoms with Crippen molar-refractivity contribution >= 4 is 28.6 Å². The van der Waals surface area contributed by atoms with E-state index in [1.807, 2.05) is 0 Å². The number of hydrogen-bond acceptors (Lipinski definition) is 2. The van der Waals surface area contributed by atoms with Crippen LogP contribution >= 0.6 is 28.6 Å². The Kier molecular flexibility index (Phi) is 5.80. The van der Waals surface area contributed by atoms with E-state index in [4.69, 9.17) is 22.5 Å². The van der Waals surface area contributed by atoms with Crippen molar-refractivity contribution in [2.24, 2.45) is 5.92 Å². The van der Waals surface area contributed by atoms with Crippen LogP contribution in [0.1, 0.15) is 26.7 Å². The third kappa shape index (κ3) is 10.8. The lowest BCUT2D eigenvalue weighted by Gasteiger charge is -2.05. The Bertz CT molecular complexity index is 144. The smallest absolute Gasteiger partial charge is 0.306 e. The zero-order chi connectivity index (χ0) is 8.91. The summed E-state index contributed by atoms with van der Waals surface area (Å²) in [4.78, 5) is 0. The maximum Gasteiger partial charge on any atom is 0.380 e. The molecule has 0 N–H and O–H groups in total. The fourth-order valence-corrected chi connectivity index (χ4v) is 1.42. The van der Waals surface area contributed by atoms with Crippen molar-refractivity contribution in [1.82, 2.24) is 0 Å². The minimum atomic E-state index is -3.28. The van der Waals surface area contributed by atoms with Gasteiger partial charge in [-0.1, -0.05) is 13.8 Å². The first-order valence-electron chi connectivity index (χ1n) is 3.55. The van der Waals surface area contributed by atoms with E-state index < -0.39 is 6.07 Å². The lowest BCUT2D eigenvalue weighted by molar-refractivity contribution is 0.313. The molecule has 0 atom stereocenters. The van der Waals surface area contributed by atoms with Crippen LogP contribution in [-0.2, 0) is 9.09 Å². The highest BCUT2D eigenvalue weighted by molar-refractivity contribution is 8.05. The molecule has 5 heteroatoms. The fourth-order valence-electron chi connectivity index (χ4n) is 0.662. The van der Waals surface area contributed by atoms with Gasteiger partial charge in [-0.3, -0.25) is 4.57 Å². The largest absolute Gasteiger partial charge is 0.380 e. The lowest BCUT2D eigenvalue weighted by atomic mass is 10.1. The van der Waals surface area contributed by atoms with Crippen LogP contribution in [0.3, 0.4) is 0 Å². The van der Waals surface area contributed by atoms with Crippen molar-refractivity contribution in [3.63, 3.8) is 0 Å². The molecule has 0 aliphatic rings. The minimum Gasteiger partial charge on any atom is -0.306 e. The standard InChI is InChI=1S/C6H13Cl2O2P/c1-6(2)4-3-5-10-11(7,8)9/h6H,3-5H2,1-2H3. The molecule has 0 aliphatic heterocycles. The molecule has 0 aromatic rings. The normalized spacial score (nSPS) is 12.5. The molecule has 0 bridgehead atoms. The van der Waals surface area contributed by atoms with Crippen LogP contribution in [0, 0.1) is 5.92 Å². The highest BCUT2D eigenvalue weighted by Gasteiger charge is 2.12. The number of hydrogen-bond donors (Lipinski definition) is 0. The summed E-state index contributed by atoms with van der Waals surface area (Å²) in [5, 5.41) is 0. The van der Waals surface area contributed by atoms with Gasteiger partial charge in [0.05, 0.1) is 6.61 Å². The van der Waals surface area contributed by atoms with Crippen LogP contribution in [-0.4, -0.2) is 6.61 Å². The predicted molar refractivity (Wildman–Crippen MR) is 49.3 cm³/mol. The van der Waals surface area contributed by atoms with Crippen molar-refractivity contribution in [1.29, 1.82) is 0 Å². The average Bonchev–Trinajstić information content (AvgIpc) is 1.78. The summed E-state index contributed by atoms with van der Waals surface area (Å²) in [6.07, 6.45) is -1.40. The van der Waals surface area contributed by atoms with Gasteiger partial charge < -0.3 is 4.52 Å². The highest BCUT2D eigenvalue weighted by atomic mass is 35.9. The number of halogens is 2. The fraction of sp³-hybridized carbons (Fsp3) is 1.00. The third-order valence-corrected chi connectivity index (χ3v) is 2.24. The predicted octanol–water partition coefficient (Wildman–Crippen LogP) is 4.02. The van der Waals surface area contributed by atoms with E-state index in [0.717, 1.165) is 12.8 Å². The summed E-state index contributed by atoms with van der Waals surface area (Å²) < 4.78 is 15.2. The van der Waals surface area contributed by atoms with Crippen molar-refractivity contribution < 1.29 is 9.09 Å². The molecule has 0 spiro atoms. The van der Waals surface area contributed by atoms with E-state index in [1.165, 1.54) is 0 Å². The first kappa shape index (κ1) is 11.8. The molecule has 0 aromatic heterocycles. The van der Waals surface area contributed by atoms with Gasteiger partial charge in [0.25, 0.3) is 0 Å². The molecule has 0 unspecified atom stereocenters. The molecule has 11 heavy (non-hydrogen) atoms. The molecular weight excluding hydrogens is 206 g/mol. The maximum absolute atomic E-state index is 10.6. The Balaban J connectivity index is 3.22. The Morgan fingerprint density at radius 2 is 2.00 bits per heavy atom. The van der Waals surface area contributed by atoms with Gasteiger partial charge in [-0.05, 0) is 41.2 Å². The van der Waals surface area contributed by atoms with E-state index in [2.05, 4.69) is 18.4 Å². The maximum atomic E-state index is 10.6. The van der Waals surface area contributed by atoms with Crippen LogP contribution in [0.4, 0.5) is 0 Å². The highest BCUT2D eigenvalue weighted by Crippen LogP contribution is 2.57. The molecule has 68 valence electrons. The van der Waals surface area contributed by atoms with Gasteiger partial charge in [-0.25, -0.2) is 0 Å². The van der Waals surface area contributed by atoms with Gasteiger partial charge in [0.1, 0.15) is 0 Å². The van der Waals surface area contributed by atoms with Gasteiger partial charge in [-0.2, -0.15) is 0 Å². The van der Waals surface area contributed by atoms with Crippen molar-refractivity contribution in [2.45, 2.75) is 26.7 Å². The molecular formula is C6H13Cl2O2P. The van der Waals surface area contributed by atoms with Gasteiger partial charge in [-0.15, -0.1) is 0 Å². The summed E-state index contributed by atoms with van der Waals surface area (Å²) in [6.45, 7) is 4.60. The zero-order valence-corrected chi connectivity index (χ0v) is 9.12. The van der Waals surface area contributed by atoms with Crippen LogP contribution in [0.15, 0.2) is 0 Å². The molecule has 0 saturated heterocycles. The average molecular weight is 219 g/mol. The van der Waals surface area contributed by atoms with E-state index in [1.54, 1.807) is 0 Å². The van der Waals surface area contributed by atoms with E-state index >= 15 is 0 Å². The quantitative estimate of drug-likeness (QED) is 0.515. The first-order valence-corrected chi connectivity index (χ1v) is 6.99. The van der Waals surface area contributed by atoms with Crippen molar-refractivity contribution in [3.05, 3.63) is 0 Å². The molecule has 0 heterocycles. The molecule has 0 amide bonds. The van der Waals surface area contributed by atoms with Gasteiger partial charge in [0.15, 0.2) is 0 Å². The van der Waals surface area contributed by atoms with E-state index in [0.29, 0.717) is 12.5 Å². The summed E-state index contributed by atoms with van der Waals surface area (Å²) in [5.74, 6) is 0.628. The Morgan fingerprint density at radius 3 is 2.36 bits per heavy atom. The third-order valence-electron chi connectivity index (χ3n) is 1.17. The van der Waals surface area contributed by atoms with E-state index in [-0.39, 0.29) is 0 Å². The second kappa shape index (κ2) is 5.42. The summed E-state index contributed by atoms with van der Waals surface area (Å²) in [7, 11) is 0. The molecule has 2 nitrogen and oxygen atoms in total. The first-order chi connectivity index (χ1) is 4.92. The number of rotatable bonds is 5. The molecule has 0 rings (SSSR count). The molecule has 0 radical (unpaired) electrons. The van der Waals surface area contributed by atoms with Gasteiger partial charge >= 0.3 is 6.07 Å². The Labute approximate surface area is 77.2 Å². The summed E-state index contributed by atoms with van der Waals surface area (Å²) >= 11 is 10.3. The van der Waals surface area contributed by atoms with Crippen LogP contribution in [0.2, 0.25) is 0 Å². The molecule has 0 fully saturated rings. The second-order valence-corrected chi connectivity index (χ2v) is 7.06. The summed E-state index contributed by atoms with van der Waals surface area (Å²) in [5.41, 5.74) is 0. The van der Waals surface area contributed by atoms with Crippen molar-refractivity contribution in [2.75, 3.05) is 6.61 Å². The summed E-state index contributed by atoms with van der Waals surface area (Å²) in [6, 6.07) is 0. The molecule has 0 saturated carbocycles. The van der Waals surface area contributed by atoms with Crippen LogP contribution in [0.5, 0.6) is 0 Å². The Hall–Kier alpha value is 0.770. The van der Waals surface area contributed by atoms with E-state index in [9.17, 15) is 4.57 Å². The molecule has 0 aliphatic carbocycles. The SMILES string of the molecule is CC(C)CCCOP(=O)(Cl)Cl. The topological polar surface area (TPSA) is 26.3 Å². The minimum absolute atomic E-state index is 0.377. The van der Waals surface area contributed by atoms with Crippen molar-refractivity contribution in [3.8, 4) is 0 Å². The molecule has 0 aromatic carbocycles. The lowest BCUT2D eigenvalue weighted by Crippen LogP contribution is -1.92. The van der Waals surface area contributed by atoms with Gasteiger partial charge in [0, 0.05) is 0 Å². The zero-order valence-electron chi connectivity index (χ0n) is 6.72. The van der Waals surface area contributed by atoms with Crippen LogP contribution < -0.4 is 0 Å².